The summed E-state index contributed by atoms with van der Waals surface area (Å²) in [5.74, 6) is 0.0861. The van der Waals surface area contributed by atoms with E-state index in [9.17, 15) is 4.79 Å². The molecule has 1 aliphatic carbocycles. The van der Waals surface area contributed by atoms with Crippen LogP contribution in [0, 0.1) is 6.92 Å². The molecule has 0 saturated heterocycles. The second kappa shape index (κ2) is 5.96. The number of aromatic nitrogens is 1. The van der Waals surface area contributed by atoms with E-state index < -0.39 is 0 Å². The van der Waals surface area contributed by atoms with Crippen molar-refractivity contribution in [2.75, 3.05) is 11.9 Å². The van der Waals surface area contributed by atoms with E-state index >= 15 is 0 Å². The van der Waals surface area contributed by atoms with Gasteiger partial charge in [-0.2, -0.15) is 0 Å². The molecule has 2 aromatic rings. The van der Waals surface area contributed by atoms with Crippen LogP contribution in [0.4, 0.5) is 5.69 Å². The zero-order valence-corrected chi connectivity index (χ0v) is 14.1. The largest absolute Gasteiger partial charge is 0.373 e. The summed E-state index contributed by atoms with van der Waals surface area (Å²) in [6.07, 6.45) is 5.17. The fourth-order valence-electron chi connectivity index (χ4n) is 3.42. The molecule has 1 aliphatic heterocycles. The molecule has 2 aliphatic rings. The Morgan fingerprint density at radius 3 is 3.22 bits per heavy atom. The van der Waals surface area contributed by atoms with Crippen LogP contribution in [-0.4, -0.2) is 23.5 Å². The third-order valence-corrected chi connectivity index (χ3v) is 5.83. The maximum atomic E-state index is 12.3. The molecule has 0 unspecified atom stereocenters. The minimum absolute atomic E-state index is 0.0861. The second-order valence-corrected chi connectivity index (χ2v) is 7.60. The van der Waals surface area contributed by atoms with Gasteiger partial charge in [0, 0.05) is 30.0 Å². The van der Waals surface area contributed by atoms with Crippen LogP contribution in [0.1, 0.15) is 33.1 Å². The number of anilines is 1. The van der Waals surface area contributed by atoms with Crippen LogP contribution in [0.5, 0.6) is 0 Å². The van der Waals surface area contributed by atoms with Gasteiger partial charge in [0.2, 0.25) is 5.91 Å². The molecule has 1 amide bonds. The summed E-state index contributed by atoms with van der Waals surface area (Å²) in [5.41, 5.74) is 4.86. The first kappa shape index (κ1) is 14.7. The quantitative estimate of drug-likeness (QED) is 0.908. The molecule has 2 heterocycles. The zero-order chi connectivity index (χ0) is 15.8. The molecule has 2 N–H and O–H groups in total. The topological polar surface area (TPSA) is 54.0 Å². The Hall–Kier alpha value is -1.88. The van der Waals surface area contributed by atoms with Gasteiger partial charge in [-0.3, -0.25) is 4.79 Å². The molecule has 0 radical (unpaired) electrons. The van der Waals surface area contributed by atoms with Crippen molar-refractivity contribution in [2.24, 2.45) is 0 Å². The molecular formula is C18H21N3OS. The summed E-state index contributed by atoms with van der Waals surface area (Å²) in [6.45, 7) is 2.75. The number of fused-ring (bicyclic) bond motifs is 2. The summed E-state index contributed by atoms with van der Waals surface area (Å²) >= 11 is 1.82. The number of hydrogen-bond acceptors (Lipinski definition) is 4. The van der Waals surface area contributed by atoms with Crippen molar-refractivity contribution in [3.05, 3.63) is 44.9 Å². The fraction of sp³-hybridized carbons (Fsp3) is 0.444. The van der Waals surface area contributed by atoms with E-state index in [0.29, 0.717) is 6.54 Å². The van der Waals surface area contributed by atoms with Crippen LogP contribution in [0.3, 0.4) is 0 Å². The summed E-state index contributed by atoms with van der Waals surface area (Å²) in [5, 5.41) is 7.53. The lowest BCUT2D eigenvalue weighted by Crippen LogP contribution is -2.39. The number of thiazole rings is 1. The first-order valence-electron chi connectivity index (χ1n) is 8.30. The molecule has 1 atom stereocenters. The highest BCUT2D eigenvalue weighted by Gasteiger charge is 2.26. The summed E-state index contributed by atoms with van der Waals surface area (Å²) in [4.78, 5) is 18.5. The standard InChI is InChI=1S/C18H21N3OS/c1-11-5-6-13-12(9-11)10-15(20-13)18(22)19-8-7-17-21-14-3-2-4-16(14)23-17/h5-6,9,15,20H,2-4,7-8,10H2,1H3,(H,19,22)/t15-/m1/s1. The Morgan fingerprint density at radius 1 is 1.43 bits per heavy atom. The monoisotopic (exact) mass is 327 g/mol. The van der Waals surface area contributed by atoms with Gasteiger partial charge in [0.1, 0.15) is 6.04 Å². The number of nitrogens with zero attached hydrogens (tertiary/aromatic N) is 1. The van der Waals surface area contributed by atoms with E-state index in [2.05, 4.69) is 40.7 Å². The molecule has 23 heavy (non-hydrogen) atoms. The first-order valence-corrected chi connectivity index (χ1v) is 9.12. The lowest BCUT2D eigenvalue weighted by atomic mass is 10.1. The van der Waals surface area contributed by atoms with Crippen LogP contribution in [0.25, 0.3) is 0 Å². The van der Waals surface area contributed by atoms with Gasteiger partial charge in [-0.15, -0.1) is 11.3 Å². The lowest BCUT2D eigenvalue weighted by molar-refractivity contribution is -0.121. The fourth-order valence-corrected chi connectivity index (χ4v) is 4.57. The Kier molecular flexibility index (Phi) is 3.81. The van der Waals surface area contributed by atoms with Crippen molar-refractivity contribution in [2.45, 2.75) is 45.1 Å². The first-order chi connectivity index (χ1) is 11.2. The molecule has 1 aromatic carbocycles. The van der Waals surface area contributed by atoms with E-state index in [1.165, 1.54) is 34.5 Å². The van der Waals surface area contributed by atoms with Gasteiger partial charge in [0.05, 0.1) is 10.7 Å². The molecular weight excluding hydrogens is 306 g/mol. The number of rotatable bonds is 4. The molecule has 4 rings (SSSR count). The van der Waals surface area contributed by atoms with E-state index in [1.54, 1.807) is 0 Å². The van der Waals surface area contributed by atoms with Crippen molar-refractivity contribution in [1.29, 1.82) is 0 Å². The van der Waals surface area contributed by atoms with E-state index in [-0.39, 0.29) is 11.9 Å². The van der Waals surface area contributed by atoms with Crippen LogP contribution < -0.4 is 10.6 Å². The van der Waals surface area contributed by atoms with E-state index in [0.717, 1.165) is 30.0 Å². The average Bonchev–Trinajstić information content (AvgIpc) is 3.19. The zero-order valence-electron chi connectivity index (χ0n) is 13.3. The van der Waals surface area contributed by atoms with Crippen molar-refractivity contribution in [3.63, 3.8) is 0 Å². The SMILES string of the molecule is Cc1ccc2c(c1)C[C@H](C(=O)NCCc1nc3c(s1)CCC3)N2. The average molecular weight is 327 g/mol. The molecule has 0 bridgehead atoms. The molecule has 0 spiro atoms. The Morgan fingerprint density at radius 2 is 2.35 bits per heavy atom. The van der Waals surface area contributed by atoms with Gasteiger partial charge in [0.25, 0.3) is 0 Å². The second-order valence-electron chi connectivity index (χ2n) is 6.43. The number of benzene rings is 1. The Labute approximate surface area is 140 Å². The Balaban J connectivity index is 1.29. The summed E-state index contributed by atoms with van der Waals surface area (Å²) < 4.78 is 0. The van der Waals surface area contributed by atoms with Gasteiger partial charge in [0.15, 0.2) is 0 Å². The van der Waals surface area contributed by atoms with Crippen molar-refractivity contribution in [3.8, 4) is 0 Å². The van der Waals surface area contributed by atoms with Gasteiger partial charge in [-0.05, 0) is 37.8 Å². The number of amides is 1. The van der Waals surface area contributed by atoms with Crippen LogP contribution in [-0.2, 0) is 30.5 Å². The van der Waals surface area contributed by atoms with Gasteiger partial charge in [-0.1, -0.05) is 17.7 Å². The highest BCUT2D eigenvalue weighted by atomic mass is 32.1. The smallest absolute Gasteiger partial charge is 0.242 e. The predicted octanol–water partition coefficient (Wildman–Crippen LogP) is 2.64. The molecule has 4 nitrogen and oxygen atoms in total. The highest BCUT2D eigenvalue weighted by molar-refractivity contribution is 7.11. The molecule has 5 heteroatoms. The van der Waals surface area contributed by atoms with Crippen LogP contribution in [0.15, 0.2) is 18.2 Å². The van der Waals surface area contributed by atoms with Crippen LogP contribution >= 0.6 is 11.3 Å². The van der Waals surface area contributed by atoms with Crippen molar-refractivity contribution < 1.29 is 4.79 Å². The van der Waals surface area contributed by atoms with Gasteiger partial charge >= 0.3 is 0 Å². The maximum Gasteiger partial charge on any atom is 0.242 e. The van der Waals surface area contributed by atoms with E-state index in [4.69, 9.17) is 0 Å². The number of carbonyl (C=O) groups excluding carboxylic acids is 1. The summed E-state index contributed by atoms with van der Waals surface area (Å²) in [6, 6.07) is 6.16. The molecule has 0 fully saturated rings. The van der Waals surface area contributed by atoms with Crippen molar-refractivity contribution in [1.82, 2.24) is 10.3 Å². The van der Waals surface area contributed by atoms with Gasteiger partial charge < -0.3 is 10.6 Å². The van der Waals surface area contributed by atoms with Crippen LogP contribution in [0.2, 0.25) is 0 Å². The molecule has 1 aromatic heterocycles. The minimum atomic E-state index is -0.145. The predicted molar refractivity (Wildman–Crippen MR) is 93.1 cm³/mol. The normalized spacial score (nSPS) is 18.4. The summed E-state index contributed by atoms with van der Waals surface area (Å²) in [7, 11) is 0. The molecule has 0 saturated carbocycles. The lowest BCUT2D eigenvalue weighted by Gasteiger charge is -2.11. The third-order valence-electron chi connectivity index (χ3n) is 4.61. The maximum absolute atomic E-state index is 12.3. The van der Waals surface area contributed by atoms with Gasteiger partial charge in [-0.25, -0.2) is 4.98 Å². The number of hydrogen-bond donors (Lipinski definition) is 2. The highest BCUT2D eigenvalue weighted by Crippen LogP contribution is 2.28. The number of aryl methyl sites for hydroxylation is 3. The number of carbonyl (C=O) groups is 1. The number of nitrogens with one attached hydrogen (secondary N) is 2. The van der Waals surface area contributed by atoms with E-state index in [1.807, 2.05) is 11.3 Å². The van der Waals surface area contributed by atoms with Crippen molar-refractivity contribution >= 4 is 22.9 Å². The Bertz CT molecular complexity index is 731. The molecule has 120 valence electrons. The minimum Gasteiger partial charge on any atom is -0.373 e. The third kappa shape index (κ3) is 2.98.